The van der Waals surface area contributed by atoms with Gasteiger partial charge in [-0.05, 0) is 48.0 Å². The van der Waals surface area contributed by atoms with Crippen molar-refractivity contribution in [2.24, 2.45) is 4.99 Å². The Morgan fingerprint density at radius 2 is 2.04 bits per heavy atom. The van der Waals surface area contributed by atoms with Gasteiger partial charge in [0.25, 0.3) is 0 Å². The molecule has 2 N–H and O–H groups in total. The largest absolute Gasteiger partial charge is 0.444 e. The van der Waals surface area contributed by atoms with Crippen LogP contribution in [0.25, 0.3) is 0 Å². The zero-order valence-electron chi connectivity index (χ0n) is 16.1. The lowest BCUT2D eigenvalue weighted by Gasteiger charge is -2.39. The van der Waals surface area contributed by atoms with Crippen LogP contribution in [0.4, 0.5) is 4.79 Å². The molecule has 1 amide bonds. The Morgan fingerprint density at radius 1 is 1.33 bits per heavy atom. The van der Waals surface area contributed by atoms with Gasteiger partial charge in [0.05, 0.1) is 0 Å². The second-order valence-electron chi connectivity index (χ2n) is 7.55. The van der Waals surface area contributed by atoms with E-state index in [-0.39, 0.29) is 10.8 Å². The van der Waals surface area contributed by atoms with Crippen LogP contribution in [0.1, 0.15) is 48.0 Å². The molecular formula is C17H34N4O2S. The highest BCUT2D eigenvalue weighted by molar-refractivity contribution is 8.00. The number of rotatable bonds is 5. The van der Waals surface area contributed by atoms with E-state index in [2.05, 4.69) is 36.3 Å². The van der Waals surface area contributed by atoms with Gasteiger partial charge in [0.1, 0.15) is 5.60 Å². The van der Waals surface area contributed by atoms with Crippen molar-refractivity contribution in [2.45, 2.75) is 58.3 Å². The maximum Gasteiger partial charge on any atom is 0.407 e. The highest BCUT2D eigenvalue weighted by Gasteiger charge is 2.28. The van der Waals surface area contributed by atoms with Gasteiger partial charge in [-0.2, -0.15) is 11.8 Å². The molecule has 0 aromatic carbocycles. The van der Waals surface area contributed by atoms with Crippen molar-refractivity contribution in [1.82, 2.24) is 15.5 Å². The molecule has 0 saturated carbocycles. The fraction of sp³-hybridized carbons (Fsp3) is 0.882. The van der Waals surface area contributed by atoms with Crippen LogP contribution in [0.5, 0.6) is 0 Å². The number of ether oxygens (including phenoxy) is 1. The molecule has 0 atom stereocenters. The van der Waals surface area contributed by atoms with Crippen molar-refractivity contribution in [3.05, 3.63) is 0 Å². The van der Waals surface area contributed by atoms with Crippen LogP contribution in [0.15, 0.2) is 4.99 Å². The molecule has 24 heavy (non-hydrogen) atoms. The summed E-state index contributed by atoms with van der Waals surface area (Å²) in [5.74, 6) is 2.10. The summed E-state index contributed by atoms with van der Waals surface area (Å²) in [6.45, 7) is 16.4. The van der Waals surface area contributed by atoms with Gasteiger partial charge in [-0.25, -0.2) is 4.79 Å². The average molecular weight is 359 g/mol. The zero-order valence-corrected chi connectivity index (χ0v) is 16.9. The molecule has 0 aromatic rings. The van der Waals surface area contributed by atoms with Crippen molar-refractivity contribution in [3.8, 4) is 0 Å². The van der Waals surface area contributed by atoms with Crippen molar-refractivity contribution < 1.29 is 9.53 Å². The number of hydrogen-bond acceptors (Lipinski definition) is 4. The summed E-state index contributed by atoms with van der Waals surface area (Å²) in [6.07, 6.45) is 0.424. The molecule has 1 heterocycles. The Morgan fingerprint density at radius 3 is 2.62 bits per heavy atom. The minimum atomic E-state index is -0.459. The molecule has 1 saturated heterocycles. The first-order valence-electron chi connectivity index (χ1n) is 8.77. The van der Waals surface area contributed by atoms with Crippen molar-refractivity contribution in [1.29, 1.82) is 0 Å². The highest BCUT2D eigenvalue weighted by Crippen LogP contribution is 2.29. The fourth-order valence-corrected chi connectivity index (χ4v) is 3.50. The number of alkyl carbamates (subject to hydrolysis) is 1. The number of carbonyl (C=O) groups is 1. The standard InChI is InChI=1S/C17H34N4O2S/c1-7-18-14(21-11-12-24-17(5,6)13-21)19-9-8-10-20-15(22)23-16(2,3)4/h7-13H2,1-6H3,(H,18,19)(H,20,22). The average Bonchev–Trinajstić information content (AvgIpc) is 2.42. The molecule has 1 fully saturated rings. The predicted octanol–water partition coefficient (Wildman–Crippen LogP) is 2.69. The Hall–Kier alpha value is -1.11. The van der Waals surface area contributed by atoms with Gasteiger partial charge < -0.3 is 20.3 Å². The number of guanidine groups is 1. The van der Waals surface area contributed by atoms with E-state index >= 15 is 0 Å². The van der Waals surface area contributed by atoms with Gasteiger partial charge in [0.2, 0.25) is 0 Å². The minimum absolute atomic E-state index is 0.257. The molecule has 0 spiro atoms. The molecule has 140 valence electrons. The van der Waals surface area contributed by atoms with Crippen molar-refractivity contribution in [3.63, 3.8) is 0 Å². The third-order valence-electron chi connectivity index (χ3n) is 3.32. The van der Waals surface area contributed by atoms with E-state index in [1.165, 1.54) is 0 Å². The Bertz CT molecular complexity index is 433. The van der Waals surface area contributed by atoms with Gasteiger partial charge >= 0.3 is 6.09 Å². The van der Waals surface area contributed by atoms with E-state index in [4.69, 9.17) is 9.73 Å². The molecule has 0 bridgehead atoms. The number of hydrogen-bond donors (Lipinski definition) is 2. The maximum absolute atomic E-state index is 11.6. The Kier molecular flexibility index (Phi) is 8.19. The van der Waals surface area contributed by atoms with Crippen LogP contribution in [-0.2, 0) is 4.74 Å². The molecule has 0 aliphatic carbocycles. The summed E-state index contributed by atoms with van der Waals surface area (Å²) >= 11 is 2.01. The molecule has 1 aliphatic rings. The van der Waals surface area contributed by atoms with Crippen LogP contribution >= 0.6 is 11.8 Å². The lowest BCUT2D eigenvalue weighted by atomic mass is 10.2. The lowest BCUT2D eigenvalue weighted by molar-refractivity contribution is 0.0527. The molecule has 1 aliphatic heterocycles. The predicted molar refractivity (Wildman–Crippen MR) is 103 cm³/mol. The molecular weight excluding hydrogens is 324 g/mol. The quantitative estimate of drug-likeness (QED) is 0.449. The number of thioether (sulfide) groups is 1. The number of nitrogens with one attached hydrogen (secondary N) is 2. The SMILES string of the molecule is CCNC(=NCCCNC(=O)OC(C)(C)C)N1CCSC(C)(C)C1. The van der Waals surface area contributed by atoms with E-state index < -0.39 is 5.60 Å². The topological polar surface area (TPSA) is 66.0 Å². The van der Waals surface area contributed by atoms with Crippen molar-refractivity contribution in [2.75, 3.05) is 38.5 Å². The summed E-state index contributed by atoms with van der Waals surface area (Å²) in [4.78, 5) is 18.6. The zero-order chi connectivity index (χ0) is 18.2. The summed E-state index contributed by atoms with van der Waals surface area (Å²) in [7, 11) is 0. The third kappa shape index (κ3) is 8.66. The maximum atomic E-state index is 11.6. The van der Waals surface area contributed by atoms with E-state index in [0.29, 0.717) is 13.1 Å². The van der Waals surface area contributed by atoms with Gasteiger partial charge in [0.15, 0.2) is 5.96 Å². The second-order valence-corrected chi connectivity index (χ2v) is 9.35. The first-order chi connectivity index (χ1) is 11.1. The number of carbonyl (C=O) groups excluding carboxylic acids is 1. The summed E-state index contributed by atoms with van der Waals surface area (Å²) < 4.78 is 5.47. The van der Waals surface area contributed by atoms with Crippen LogP contribution in [-0.4, -0.2) is 65.8 Å². The van der Waals surface area contributed by atoms with Gasteiger partial charge in [-0.3, -0.25) is 4.99 Å². The highest BCUT2D eigenvalue weighted by atomic mass is 32.2. The lowest BCUT2D eigenvalue weighted by Crippen LogP contribution is -2.51. The van der Waals surface area contributed by atoms with E-state index in [1.807, 2.05) is 32.5 Å². The fourth-order valence-electron chi connectivity index (χ4n) is 2.39. The van der Waals surface area contributed by atoms with Crippen LogP contribution in [0.3, 0.4) is 0 Å². The van der Waals surface area contributed by atoms with Crippen LogP contribution < -0.4 is 10.6 Å². The van der Waals surface area contributed by atoms with Crippen molar-refractivity contribution >= 4 is 23.8 Å². The Labute approximate surface area is 151 Å². The molecule has 6 nitrogen and oxygen atoms in total. The molecule has 7 heteroatoms. The summed E-state index contributed by atoms with van der Waals surface area (Å²) in [5, 5.41) is 6.15. The van der Waals surface area contributed by atoms with Gasteiger partial charge in [-0.1, -0.05) is 0 Å². The van der Waals surface area contributed by atoms with Gasteiger partial charge in [0, 0.05) is 43.2 Å². The smallest absolute Gasteiger partial charge is 0.407 e. The first kappa shape index (κ1) is 20.9. The number of amides is 1. The number of aliphatic imine (C=N–C) groups is 1. The van der Waals surface area contributed by atoms with Gasteiger partial charge in [-0.15, -0.1) is 0 Å². The minimum Gasteiger partial charge on any atom is -0.444 e. The molecule has 0 unspecified atom stereocenters. The Balaban J connectivity index is 2.39. The van der Waals surface area contributed by atoms with Crippen LogP contribution in [0, 0.1) is 0 Å². The normalized spacial score (nSPS) is 18.2. The number of nitrogens with zero attached hydrogens (tertiary/aromatic N) is 2. The molecule has 1 rings (SSSR count). The summed E-state index contributed by atoms with van der Waals surface area (Å²) in [5.41, 5.74) is -0.459. The van der Waals surface area contributed by atoms with Crippen LogP contribution in [0.2, 0.25) is 0 Å². The second kappa shape index (κ2) is 9.39. The molecule has 0 aromatic heterocycles. The van der Waals surface area contributed by atoms with E-state index in [0.717, 1.165) is 37.8 Å². The first-order valence-corrected chi connectivity index (χ1v) is 9.75. The third-order valence-corrected chi connectivity index (χ3v) is 4.62. The van der Waals surface area contributed by atoms with E-state index in [1.54, 1.807) is 0 Å². The monoisotopic (exact) mass is 358 g/mol. The summed E-state index contributed by atoms with van der Waals surface area (Å²) in [6, 6.07) is 0. The van der Waals surface area contributed by atoms with E-state index in [9.17, 15) is 4.79 Å². The molecule has 0 radical (unpaired) electrons.